The second kappa shape index (κ2) is 7.46. The van der Waals surface area contributed by atoms with Crippen LogP contribution in [0.5, 0.6) is 0 Å². The van der Waals surface area contributed by atoms with Gasteiger partial charge in [-0.15, -0.1) is 0 Å². The van der Waals surface area contributed by atoms with Crippen LogP contribution in [-0.4, -0.2) is 11.9 Å². The quantitative estimate of drug-likeness (QED) is 0.440. The summed E-state index contributed by atoms with van der Waals surface area (Å²) in [6, 6.07) is 9.37. The molecular formula is C15H18O3. The first kappa shape index (κ1) is 14.2. The Morgan fingerprint density at radius 2 is 1.94 bits per heavy atom. The van der Waals surface area contributed by atoms with Crippen molar-refractivity contribution < 1.29 is 14.3 Å². The third-order valence-electron chi connectivity index (χ3n) is 2.55. The lowest BCUT2D eigenvalue weighted by Gasteiger charge is -2.07. The number of esters is 1. The minimum Gasteiger partial charge on any atom is -0.457 e. The van der Waals surface area contributed by atoms with Gasteiger partial charge in [0, 0.05) is 0 Å². The maximum absolute atomic E-state index is 11.6. The molecule has 96 valence electrons. The van der Waals surface area contributed by atoms with E-state index in [2.05, 4.69) is 0 Å². The van der Waals surface area contributed by atoms with E-state index in [-0.39, 0.29) is 12.2 Å². The largest absolute Gasteiger partial charge is 0.457 e. The summed E-state index contributed by atoms with van der Waals surface area (Å²) in [7, 11) is 0. The van der Waals surface area contributed by atoms with E-state index in [0.717, 1.165) is 12.0 Å². The molecule has 0 fully saturated rings. The number of hydrogen-bond acceptors (Lipinski definition) is 3. The molecule has 0 aromatic heterocycles. The second-order valence-corrected chi connectivity index (χ2v) is 4.57. The smallest absolute Gasteiger partial charge is 0.345 e. The predicted octanol–water partition coefficient (Wildman–Crippen LogP) is 2.92. The summed E-state index contributed by atoms with van der Waals surface area (Å²) in [6.45, 7) is 4.27. The lowest BCUT2D eigenvalue weighted by Crippen LogP contribution is -2.09. The van der Waals surface area contributed by atoms with Gasteiger partial charge in [-0.25, -0.2) is 9.59 Å². The average Bonchev–Trinajstić information content (AvgIpc) is 2.38. The van der Waals surface area contributed by atoms with Gasteiger partial charge in [0.25, 0.3) is 0 Å². The third-order valence-corrected chi connectivity index (χ3v) is 2.55. The van der Waals surface area contributed by atoms with Crippen molar-refractivity contribution in [3.63, 3.8) is 0 Å². The van der Waals surface area contributed by atoms with Gasteiger partial charge in [-0.1, -0.05) is 44.2 Å². The van der Waals surface area contributed by atoms with Gasteiger partial charge in [0.05, 0.1) is 0 Å². The van der Waals surface area contributed by atoms with E-state index in [1.165, 1.54) is 0 Å². The van der Waals surface area contributed by atoms with Crippen molar-refractivity contribution in [3.05, 3.63) is 41.5 Å². The Morgan fingerprint density at radius 3 is 2.50 bits per heavy atom. The highest BCUT2D eigenvalue weighted by Crippen LogP contribution is 2.11. The molecule has 1 aromatic rings. The molecule has 1 aromatic carbocycles. The zero-order chi connectivity index (χ0) is 13.4. The van der Waals surface area contributed by atoms with Gasteiger partial charge < -0.3 is 4.74 Å². The van der Waals surface area contributed by atoms with Crippen molar-refractivity contribution in [2.24, 2.45) is 5.92 Å². The summed E-state index contributed by atoms with van der Waals surface area (Å²) in [5.74, 6) is 1.57. The summed E-state index contributed by atoms with van der Waals surface area (Å²) in [6.07, 6.45) is 1.21. The van der Waals surface area contributed by atoms with E-state index in [0.29, 0.717) is 12.3 Å². The Kier molecular flexibility index (Phi) is 5.89. The van der Waals surface area contributed by atoms with E-state index in [4.69, 9.17) is 4.74 Å². The molecule has 0 aliphatic rings. The van der Waals surface area contributed by atoms with Crippen LogP contribution in [0.4, 0.5) is 0 Å². The average molecular weight is 246 g/mol. The van der Waals surface area contributed by atoms with Crippen molar-refractivity contribution in [2.45, 2.75) is 33.3 Å². The van der Waals surface area contributed by atoms with Crippen LogP contribution >= 0.6 is 0 Å². The van der Waals surface area contributed by atoms with Gasteiger partial charge in [-0.3, -0.25) is 0 Å². The Balaban J connectivity index is 2.46. The van der Waals surface area contributed by atoms with E-state index >= 15 is 0 Å². The molecule has 18 heavy (non-hydrogen) atoms. The highest BCUT2D eigenvalue weighted by molar-refractivity contribution is 5.96. The van der Waals surface area contributed by atoms with Gasteiger partial charge in [0.2, 0.25) is 0 Å². The number of rotatable bonds is 6. The van der Waals surface area contributed by atoms with E-state index in [9.17, 15) is 9.59 Å². The molecule has 0 saturated heterocycles. The number of carbonyl (C=O) groups excluding carboxylic acids is 2. The van der Waals surface area contributed by atoms with Gasteiger partial charge in [-0.2, -0.15) is 0 Å². The van der Waals surface area contributed by atoms with Crippen LogP contribution in [-0.2, 0) is 20.9 Å². The van der Waals surface area contributed by atoms with Crippen LogP contribution in [0.1, 0.15) is 32.3 Å². The number of benzene rings is 1. The zero-order valence-corrected chi connectivity index (χ0v) is 10.8. The lowest BCUT2D eigenvalue weighted by molar-refractivity contribution is -0.140. The topological polar surface area (TPSA) is 43.4 Å². The zero-order valence-electron chi connectivity index (χ0n) is 10.8. The molecule has 0 radical (unpaired) electrons. The Hall–Kier alpha value is -1.86. The van der Waals surface area contributed by atoms with Crippen LogP contribution in [0.3, 0.4) is 0 Å². The Morgan fingerprint density at radius 1 is 1.28 bits per heavy atom. The predicted molar refractivity (Wildman–Crippen MR) is 69.5 cm³/mol. The van der Waals surface area contributed by atoms with E-state index in [1.54, 1.807) is 5.94 Å². The molecule has 0 bridgehead atoms. The molecule has 0 amide bonds. The number of hydrogen-bond donors (Lipinski definition) is 0. The molecule has 0 aliphatic heterocycles. The molecule has 1 rings (SSSR count). The maximum atomic E-state index is 11.6. The molecule has 0 aliphatic carbocycles. The number of ether oxygens (including phenoxy) is 1. The van der Waals surface area contributed by atoms with Gasteiger partial charge in [0.1, 0.15) is 18.1 Å². The fraction of sp³-hybridized carbons (Fsp3) is 0.400. The third kappa shape index (κ3) is 4.98. The molecule has 3 heteroatoms. The summed E-state index contributed by atoms with van der Waals surface area (Å²) < 4.78 is 5.07. The molecule has 0 unspecified atom stereocenters. The first-order valence-corrected chi connectivity index (χ1v) is 6.08. The molecule has 0 atom stereocenters. The highest BCUT2D eigenvalue weighted by Gasteiger charge is 2.13. The molecule has 0 spiro atoms. The van der Waals surface area contributed by atoms with Crippen LogP contribution in [0.15, 0.2) is 35.9 Å². The lowest BCUT2D eigenvalue weighted by atomic mass is 10.0. The monoisotopic (exact) mass is 246 g/mol. The van der Waals surface area contributed by atoms with Crippen molar-refractivity contribution in [2.75, 3.05) is 0 Å². The minimum atomic E-state index is -0.561. The second-order valence-electron chi connectivity index (χ2n) is 4.57. The first-order valence-electron chi connectivity index (χ1n) is 6.08. The summed E-state index contributed by atoms with van der Waals surface area (Å²) in [5, 5.41) is 0. The van der Waals surface area contributed by atoms with Crippen LogP contribution < -0.4 is 0 Å². The maximum Gasteiger partial charge on any atom is 0.345 e. The molecule has 3 nitrogen and oxygen atoms in total. The van der Waals surface area contributed by atoms with Crippen molar-refractivity contribution >= 4 is 11.9 Å². The van der Waals surface area contributed by atoms with E-state index in [1.807, 2.05) is 44.2 Å². The molecule has 0 N–H and O–H groups in total. The SMILES string of the molecule is CC(C)CCC(=C=O)C(=O)OCc1ccccc1. The fourth-order valence-corrected chi connectivity index (χ4v) is 1.44. The first-order chi connectivity index (χ1) is 8.63. The van der Waals surface area contributed by atoms with Crippen molar-refractivity contribution in [1.29, 1.82) is 0 Å². The summed E-state index contributed by atoms with van der Waals surface area (Å²) in [4.78, 5) is 22.3. The standard InChI is InChI=1S/C15H18O3/c1-12(2)8-9-14(10-16)15(17)18-11-13-6-4-3-5-7-13/h3-7,12H,8-9,11H2,1-2H3. The Labute approximate surface area is 107 Å². The van der Waals surface area contributed by atoms with Gasteiger partial charge in [0.15, 0.2) is 0 Å². The Bertz CT molecular complexity index is 428. The van der Waals surface area contributed by atoms with Crippen LogP contribution in [0.2, 0.25) is 0 Å². The highest BCUT2D eigenvalue weighted by atomic mass is 16.5. The molecule has 0 heterocycles. The molecule has 0 saturated carbocycles. The molecular weight excluding hydrogens is 228 g/mol. The summed E-state index contributed by atoms with van der Waals surface area (Å²) in [5.41, 5.74) is 1.000. The van der Waals surface area contributed by atoms with Crippen LogP contribution in [0.25, 0.3) is 0 Å². The summed E-state index contributed by atoms with van der Waals surface area (Å²) >= 11 is 0. The van der Waals surface area contributed by atoms with Gasteiger partial charge in [-0.05, 0) is 24.3 Å². The number of carbonyl (C=O) groups is 1. The van der Waals surface area contributed by atoms with Crippen LogP contribution in [0, 0.1) is 5.92 Å². The normalized spacial score (nSPS) is 9.94. The van der Waals surface area contributed by atoms with Crippen molar-refractivity contribution in [1.82, 2.24) is 0 Å². The van der Waals surface area contributed by atoms with E-state index < -0.39 is 5.97 Å². The minimum absolute atomic E-state index is 0.0969. The van der Waals surface area contributed by atoms with Gasteiger partial charge >= 0.3 is 5.97 Å². The fourth-order valence-electron chi connectivity index (χ4n) is 1.44. The van der Waals surface area contributed by atoms with Crippen molar-refractivity contribution in [3.8, 4) is 0 Å².